The third-order valence-corrected chi connectivity index (χ3v) is 4.39. The minimum atomic E-state index is -0.194. The molecule has 7 nitrogen and oxygen atoms in total. The molecule has 108 valence electrons. The van der Waals surface area contributed by atoms with Gasteiger partial charge in [-0.3, -0.25) is 4.79 Å². The molecule has 0 unspecified atom stereocenters. The van der Waals surface area contributed by atoms with Crippen molar-refractivity contribution in [3.8, 4) is 0 Å². The van der Waals surface area contributed by atoms with Gasteiger partial charge in [0.15, 0.2) is 12.4 Å². The molecular formula is C13H19N5O2. The van der Waals surface area contributed by atoms with Gasteiger partial charge in [-0.2, -0.15) is 15.0 Å². The second-order valence-corrected chi connectivity index (χ2v) is 5.77. The van der Waals surface area contributed by atoms with Crippen LogP contribution in [0.4, 0.5) is 11.9 Å². The topological polar surface area (TPSA) is 117 Å². The molecule has 2 aliphatic carbocycles. The largest absolute Gasteiger partial charge is 0.457 e. The lowest BCUT2D eigenvalue weighted by molar-refractivity contribution is -0.146. The van der Waals surface area contributed by atoms with E-state index in [1.807, 2.05) is 0 Å². The van der Waals surface area contributed by atoms with Gasteiger partial charge in [0.2, 0.25) is 11.9 Å². The number of nitrogen functional groups attached to an aromatic ring is 2. The Morgan fingerprint density at radius 3 is 2.50 bits per heavy atom. The normalized spacial score (nSPS) is 27.7. The quantitative estimate of drug-likeness (QED) is 0.785. The maximum atomic E-state index is 11.9. The first-order valence-electron chi connectivity index (χ1n) is 7.01. The molecule has 1 aromatic rings. The standard InChI is InChI=1S/C13H19N5O2/c14-12-16-10(17-13(15)18-12)6-20-11(19)5-9-4-7-1-2-8(9)3-7/h7-9H,1-6H2,(H4,14,15,16,17,18)/t7-,8-,9+/m0/s1. The van der Waals surface area contributed by atoms with Crippen molar-refractivity contribution < 1.29 is 9.53 Å². The summed E-state index contributed by atoms with van der Waals surface area (Å²) < 4.78 is 5.20. The van der Waals surface area contributed by atoms with Gasteiger partial charge in [0.1, 0.15) is 0 Å². The van der Waals surface area contributed by atoms with E-state index in [0.717, 1.165) is 11.8 Å². The Labute approximate surface area is 117 Å². The number of esters is 1. The van der Waals surface area contributed by atoms with E-state index in [1.165, 1.54) is 25.7 Å². The maximum absolute atomic E-state index is 11.9. The number of rotatable bonds is 4. The summed E-state index contributed by atoms with van der Waals surface area (Å²) in [5, 5.41) is 0. The van der Waals surface area contributed by atoms with Gasteiger partial charge in [-0.25, -0.2) is 0 Å². The first-order valence-corrected chi connectivity index (χ1v) is 7.01. The van der Waals surface area contributed by atoms with E-state index in [0.29, 0.717) is 12.3 Å². The summed E-state index contributed by atoms with van der Waals surface area (Å²) in [6.45, 7) is -0.00340. The number of carbonyl (C=O) groups excluding carboxylic acids is 1. The van der Waals surface area contributed by atoms with Crippen molar-refractivity contribution in [2.75, 3.05) is 11.5 Å². The Hall–Kier alpha value is -1.92. The zero-order chi connectivity index (χ0) is 14.1. The molecule has 7 heteroatoms. The van der Waals surface area contributed by atoms with Crippen molar-refractivity contribution >= 4 is 17.9 Å². The van der Waals surface area contributed by atoms with E-state index in [2.05, 4.69) is 15.0 Å². The average Bonchev–Trinajstić information content (AvgIpc) is 2.97. The first kappa shape index (κ1) is 13.1. The molecule has 1 heterocycles. The molecule has 0 radical (unpaired) electrons. The van der Waals surface area contributed by atoms with Crippen molar-refractivity contribution in [3.63, 3.8) is 0 Å². The number of hydrogen-bond donors (Lipinski definition) is 2. The number of aromatic nitrogens is 3. The Bertz CT molecular complexity index is 501. The number of carbonyl (C=O) groups is 1. The van der Waals surface area contributed by atoms with Crippen LogP contribution in [0, 0.1) is 17.8 Å². The highest BCUT2D eigenvalue weighted by atomic mass is 16.5. The predicted molar refractivity (Wildman–Crippen MR) is 72.0 cm³/mol. The van der Waals surface area contributed by atoms with Crippen molar-refractivity contribution in [2.24, 2.45) is 17.8 Å². The van der Waals surface area contributed by atoms with E-state index in [-0.39, 0.29) is 30.3 Å². The lowest BCUT2D eigenvalue weighted by atomic mass is 9.86. The minimum absolute atomic E-state index is 0.00340. The highest BCUT2D eigenvalue weighted by Gasteiger charge is 2.40. The molecule has 2 aliphatic rings. The van der Waals surface area contributed by atoms with Gasteiger partial charge in [0.25, 0.3) is 0 Å². The van der Waals surface area contributed by atoms with Gasteiger partial charge >= 0.3 is 5.97 Å². The SMILES string of the molecule is Nc1nc(N)nc(COC(=O)C[C@H]2C[C@H]3CC[C@H]2C3)n1. The first-order chi connectivity index (χ1) is 9.60. The van der Waals surface area contributed by atoms with Gasteiger partial charge in [-0.1, -0.05) is 6.42 Å². The monoisotopic (exact) mass is 277 g/mol. The summed E-state index contributed by atoms with van der Waals surface area (Å²) in [6, 6.07) is 0. The highest BCUT2D eigenvalue weighted by molar-refractivity contribution is 5.69. The molecular weight excluding hydrogens is 258 g/mol. The van der Waals surface area contributed by atoms with Crippen LogP contribution in [0.5, 0.6) is 0 Å². The Morgan fingerprint density at radius 2 is 1.90 bits per heavy atom. The zero-order valence-electron chi connectivity index (χ0n) is 11.3. The number of hydrogen-bond acceptors (Lipinski definition) is 7. The van der Waals surface area contributed by atoms with E-state index in [1.54, 1.807) is 0 Å². The van der Waals surface area contributed by atoms with Crippen LogP contribution in [-0.2, 0) is 16.1 Å². The summed E-state index contributed by atoms with van der Waals surface area (Å²) in [5.74, 6) is 2.22. The van der Waals surface area contributed by atoms with Crippen molar-refractivity contribution in [1.82, 2.24) is 15.0 Å². The predicted octanol–water partition coefficient (Wildman–Crippen LogP) is 0.905. The van der Waals surface area contributed by atoms with Gasteiger partial charge in [0, 0.05) is 6.42 Å². The Balaban J connectivity index is 1.49. The fourth-order valence-corrected chi connectivity index (χ4v) is 3.57. The van der Waals surface area contributed by atoms with Gasteiger partial charge in [-0.05, 0) is 37.0 Å². The molecule has 3 rings (SSSR count). The van der Waals surface area contributed by atoms with Crippen molar-refractivity contribution in [1.29, 1.82) is 0 Å². The van der Waals surface area contributed by atoms with Crippen LogP contribution < -0.4 is 11.5 Å². The summed E-state index contributed by atoms with van der Waals surface area (Å²) in [6.07, 6.45) is 5.56. The van der Waals surface area contributed by atoms with Crippen LogP contribution in [0.25, 0.3) is 0 Å². The van der Waals surface area contributed by atoms with Crippen LogP contribution in [0.3, 0.4) is 0 Å². The lowest BCUT2D eigenvalue weighted by Gasteiger charge is -2.20. The molecule has 0 saturated heterocycles. The number of anilines is 2. The third kappa shape index (κ3) is 2.81. The Morgan fingerprint density at radius 1 is 1.15 bits per heavy atom. The molecule has 1 aromatic heterocycles. The van der Waals surface area contributed by atoms with E-state index >= 15 is 0 Å². The number of fused-ring (bicyclic) bond motifs is 2. The molecule has 0 aromatic carbocycles. The van der Waals surface area contributed by atoms with Gasteiger partial charge in [0.05, 0.1) is 0 Å². The van der Waals surface area contributed by atoms with Gasteiger partial charge < -0.3 is 16.2 Å². The van der Waals surface area contributed by atoms with E-state index < -0.39 is 0 Å². The zero-order valence-corrected chi connectivity index (χ0v) is 11.3. The maximum Gasteiger partial charge on any atom is 0.306 e. The number of nitrogens with two attached hydrogens (primary N) is 2. The second-order valence-electron chi connectivity index (χ2n) is 5.77. The summed E-state index contributed by atoms with van der Waals surface area (Å²) in [5.41, 5.74) is 10.9. The number of nitrogens with zero attached hydrogens (tertiary/aromatic N) is 3. The molecule has 0 amide bonds. The average molecular weight is 277 g/mol. The van der Waals surface area contributed by atoms with E-state index in [4.69, 9.17) is 16.2 Å². The van der Waals surface area contributed by atoms with Crippen LogP contribution in [0.15, 0.2) is 0 Å². The van der Waals surface area contributed by atoms with E-state index in [9.17, 15) is 4.79 Å². The molecule has 2 fully saturated rings. The molecule has 3 atom stereocenters. The molecule has 4 N–H and O–H groups in total. The minimum Gasteiger partial charge on any atom is -0.457 e. The van der Waals surface area contributed by atoms with Crippen LogP contribution >= 0.6 is 0 Å². The molecule has 20 heavy (non-hydrogen) atoms. The molecule has 0 spiro atoms. The van der Waals surface area contributed by atoms with Crippen LogP contribution in [-0.4, -0.2) is 20.9 Å². The third-order valence-electron chi connectivity index (χ3n) is 4.39. The highest BCUT2D eigenvalue weighted by Crippen LogP contribution is 2.49. The molecule has 2 saturated carbocycles. The summed E-state index contributed by atoms with van der Waals surface area (Å²) in [7, 11) is 0. The Kier molecular flexibility index (Phi) is 3.42. The second kappa shape index (κ2) is 5.22. The van der Waals surface area contributed by atoms with Crippen LogP contribution in [0.2, 0.25) is 0 Å². The van der Waals surface area contributed by atoms with Crippen LogP contribution in [0.1, 0.15) is 37.9 Å². The smallest absolute Gasteiger partial charge is 0.306 e. The molecule has 2 bridgehead atoms. The lowest BCUT2D eigenvalue weighted by Crippen LogP contribution is -2.17. The molecule has 0 aliphatic heterocycles. The summed E-state index contributed by atoms with van der Waals surface area (Å²) in [4.78, 5) is 23.3. The fourth-order valence-electron chi connectivity index (χ4n) is 3.57. The van der Waals surface area contributed by atoms with Gasteiger partial charge in [-0.15, -0.1) is 0 Å². The van der Waals surface area contributed by atoms with Crippen molar-refractivity contribution in [2.45, 2.75) is 38.7 Å². The fraction of sp³-hybridized carbons (Fsp3) is 0.692. The van der Waals surface area contributed by atoms with Crippen molar-refractivity contribution in [3.05, 3.63) is 5.82 Å². The summed E-state index contributed by atoms with van der Waals surface area (Å²) >= 11 is 0. The number of ether oxygens (including phenoxy) is 1.